The van der Waals surface area contributed by atoms with Crippen LogP contribution in [0.3, 0.4) is 0 Å². The van der Waals surface area contributed by atoms with Gasteiger partial charge < -0.3 is 5.11 Å². The van der Waals surface area contributed by atoms with Gasteiger partial charge >= 0.3 is 5.97 Å². The summed E-state index contributed by atoms with van der Waals surface area (Å²) in [5.74, 6) is -0.155. The summed E-state index contributed by atoms with van der Waals surface area (Å²) < 4.78 is 0. The van der Waals surface area contributed by atoms with Gasteiger partial charge in [-0.15, -0.1) is 11.8 Å². The van der Waals surface area contributed by atoms with Crippen LogP contribution in [0.15, 0.2) is 60.7 Å². The van der Waals surface area contributed by atoms with Crippen molar-refractivity contribution in [1.82, 2.24) is 0 Å². The lowest BCUT2D eigenvalue weighted by Gasteiger charge is -2.10. The third kappa shape index (κ3) is 4.00. The number of carboxylic acid groups (broad SMARTS) is 1. The second kappa shape index (κ2) is 6.96. The molecule has 0 bridgehead atoms. The van der Waals surface area contributed by atoms with Crippen molar-refractivity contribution in [1.29, 1.82) is 0 Å². The first-order valence-electron chi connectivity index (χ1n) is 6.34. The number of carbonyl (C=O) groups is 1. The molecule has 2 nitrogen and oxygen atoms in total. The summed E-state index contributed by atoms with van der Waals surface area (Å²) in [6.07, 6.45) is 1.29. The molecule has 0 saturated heterocycles. The van der Waals surface area contributed by atoms with E-state index in [1.165, 1.54) is 11.6 Å². The van der Waals surface area contributed by atoms with E-state index in [1.54, 1.807) is 11.8 Å². The van der Waals surface area contributed by atoms with Crippen molar-refractivity contribution in [3.63, 3.8) is 0 Å². The van der Waals surface area contributed by atoms with Gasteiger partial charge in [0.15, 0.2) is 0 Å². The second-order valence-electron chi connectivity index (χ2n) is 4.44. The topological polar surface area (TPSA) is 37.3 Å². The van der Waals surface area contributed by atoms with Gasteiger partial charge in [-0.3, -0.25) is 0 Å². The van der Waals surface area contributed by atoms with Crippen LogP contribution in [-0.2, 0) is 10.5 Å². The highest BCUT2D eigenvalue weighted by atomic mass is 32.2. The van der Waals surface area contributed by atoms with E-state index in [4.69, 9.17) is 5.11 Å². The molecule has 0 radical (unpaired) electrons. The SMILES string of the molecule is Cc1ccccc1C(=CC(=O)O)SCc1ccccc1. The Bertz CT molecular complexity index is 618. The Hall–Kier alpha value is -2.00. The smallest absolute Gasteiger partial charge is 0.329 e. The molecule has 0 atom stereocenters. The average molecular weight is 284 g/mol. The zero-order chi connectivity index (χ0) is 14.4. The van der Waals surface area contributed by atoms with Crippen molar-refractivity contribution in [2.75, 3.05) is 0 Å². The highest BCUT2D eigenvalue weighted by Gasteiger charge is 2.08. The Labute approximate surface area is 123 Å². The van der Waals surface area contributed by atoms with Gasteiger partial charge in [-0.25, -0.2) is 4.79 Å². The Morgan fingerprint density at radius 3 is 2.40 bits per heavy atom. The van der Waals surface area contributed by atoms with E-state index in [0.717, 1.165) is 21.8 Å². The fraction of sp³-hybridized carbons (Fsp3) is 0.118. The van der Waals surface area contributed by atoms with Crippen LogP contribution >= 0.6 is 11.8 Å². The maximum atomic E-state index is 11.0. The largest absolute Gasteiger partial charge is 0.478 e. The molecule has 2 aromatic rings. The first kappa shape index (κ1) is 14.4. The number of aryl methyl sites for hydroxylation is 1. The predicted octanol–water partition coefficient (Wildman–Crippen LogP) is 4.35. The molecular weight excluding hydrogens is 268 g/mol. The molecule has 102 valence electrons. The van der Waals surface area contributed by atoms with E-state index in [9.17, 15) is 4.79 Å². The quantitative estimate of drug-likeness (QED) is 0.829. The molecule has 0 heterocycles. The highest BCUT2D eigenvalue weighted by Crippen LogP contribution is 2.32. The summed E-state index contributed by atoms with van der Waals surface area (Å²) in [6.45, 7) is 1.99. The molecule has 0 spiro atoms. The number of thioether (sulfide) groups is 1. The molecule has 0 unspecified atom stereocenters. The summed E-state index contributed by atoms with van der Waals surface area (Å²) in [5.41, 5.74) is 3.25. The Morgan fingerprint density at radius 2 is 1.75 bits per heavy atom. The minimum Gasteiger partial charge on any atom is -0.478 e. The first-order chi connectivity index (χ1) is 9.66. The van der Waals surface area contributed by atoms with Gasteiger partial charge in [0.25, 0.3) is 0 Å². The molecule has 2 aromatic carbocycles. The van der Waals surface area contributed by atoms with Gasteiger partial charge in [-0.1, -0.05) is 54.6 Å². The van der Waals surface area contributed by atoms with Gasteiger partial charge in [0, 0.05) is 16.7 Å². The molecule has 0 aliphatic rings. The fourth-order valence-corrected chi connectivity index (χ4v) is 2.98. The van der Waals surface area contributed by atoms with E-state index in [2.05, 4.69) is 0 Å². The summed E-state index contributed by atoms with van der Waals surface area (Å²) in [7, 11) is 0. The lowest BCUT2D eigenvalue weighted by molar-refractivity contribution is -0.131. The first-order valence-corrected chi connectivity index (χ1v) is 7.33. The Kier molecular flexibility index (Phi) is 5.02. The number of rotatable bonds is 5. The van der Waals surface area contributed by atoms with Gasteiger partial charge in [-0.05, 0) is 23.6 Å². The van der Waals surface area contributed by atoms with E-state index in [1.807, 2.05) is 61.5 Å². The van der Waals surface area contributed by atoms with Crippen LogP contribution in [0.2, 0.25) is 0 Å². The fourth-order valence-electron chi connectivity index (χ4n) is 1.89. The van der Waals surface area contributed by atoms with Crippen LogP contribution in [0.4, 0.5) is 0 Å². The van der Waals surface area contributed by atoms with Crippen molar-refractivity contribution < 1.29 is 9.90 Å². The number of aliphatic carboxylic acids is 1. The van der Waals surface area contributed by atoms with Gasteiger partial charge in [-0.2, -0.15) is 0 Å². The monoisotopic (exact) mass is 284 g/mol. The molecule has 2 rings (SSSR count). The minimum atomic E-state index is -0.913. The van der Waals surface area contributed by atoms with Gasteiger partial charge in [0.05, 0.1) is 0 Å². The van der Waals surface area contributed by atoms with E-state index >= 15 is 0 Å². The molecular formula is C17H16O2S. The molecule has 0 aromatic heterocycles. The number of hydrogen-bond acceptors (Lipinski definition) is 2. The standard InChI is InChI=1S/C17H16O2S/c1-13-7-5-6-10-15(13)16(11-17(18)19)20-12-14-8-3-2-4-9-14/h2-11H,12H2,1H3,(H,18,19). The van der Waals surface area contributed by atoms with Crippen molar-refractivity contribution in [3.05, 3.63) is 77.4 Å². The van der Waals surface area contributed by atoms with Crippen LogP contribution in [0.1, 0.15) is 16.7 Å². The van der Waals surface area contributed by atoms with Crippen LogP contribution < -0.4 is 0 Å². The van der Waals surface area contributed by atoms with Crippen molar-refractivity contribution >= 4 is 22.6 Å². The Morgan fingerprint density at radius 1 is 1.10 bits per heavy atom. The summed E-state index contributed by atoms with van der Waals surface area (Å²) in [4.78, 5) is 11.8. The molecule has 3 heteroatoms. The lowest BCUT2D eigenvalue weighted by atomic mass is 10.1. The maximum Gasteiger partial charge on any atom is 0.329 e. The zero-order valence-electron chi connectivity index (χ0n) is 11.2. The Balaban J connectivity index is 2.22. The van der Waals surface area contributed by atoms with Crippen LogP contribution in [0.5, 0.6) is 0 Å². The van der Waals surface area contributed by atoms with E-state index in [-0.39, 0.29) is 0 Å². The second-order valence-corrected chi connectivity index (χ2v) is 5.45. The third-order valence-corrected chi connectivity index (χ3v) is 4.03. The predicted molar refractivity (Wildman–Crippen MR) is 84.5 cm³/mol. The van der Waals surface area contributed by atoms with Crippen molar-refractivity contribution in [2.24, 2.45) is 0 Å². The zero-order valence-corrected chi connectivity index (χ0v) is 12.1. The van der Waals surface area contributed by atoms with Crippen LogP contribution in [0, 0.1) is 6.92 Å². The molecule has 1 N–H and O–H groups in total. The number of hydrogen-bond donors (Lipinski definition) is 1. The van der Waals surface area contributed by atoms with Gasteiger partial charge in [0.2, 0.25) is 0 Å². The van der Waals surface area contributed by atoms with Crippen LogP contribution in [-0.4, -0.2) is 11.1 Å². The lowest BCUT2D eigenvalue weighted by Crippen LogP contribution is -1.93. The molecule has 0 fully saturated rings. The normalized spacial score (nSPS) is 11.3. The molecule has 0 aliphatic carbocycles. The van der Waals surface area contributed by atoms with Crippen LogP contribution in [0.25, 0.3) is 4.91 Å². The molecule has 0 amide bonds. The van der Waals surface area contributed by atoms with E-state index in [0.29, 0.717) is 0 Å². The van der Waals surface area contributed by atoms with Crippen molar-refractivity contribution in [2.45, 2.75) is 12.7 Å². The summed E-state index contributed by atoms with van der Waals surface area (Å²) in [6, 6.07) is 17.9. The summed E-state index contributed by atoms with van der Waals surface area (Å²) >= 11 is 1.55. The number of benzene rings is 2. The van der Waals surface area contributed by atoms with Crippen molar-refractivity contribution in [3.8, 4) is 0 Å². The molecule has 20 heavy (non-hydrogen) atoms. The summed E-state index contributed by atoms with van der Waals surface area (Å²) in [5, 5.41) is 9.04. The highest BCUT2D eigenvalue weighted by molar-refractivity contribution is 8.07. The molecule has 0 saturated carbocycles. The molecule has 0 aliphatic heterocycles. The number of carboxylic acids is 1. The van der Waals surface area contributed by atoms with Gasteiger partial charge in [0.1, 0.15) is 0 Å². The average Bonchev–Trinajstić information content (AvgIpc) is 2.45. The van der Waals surface area contributed by atoms with E-state index < -0.39 is 5.97 Å². The minimum absolute atomic E-state index is 0.758. The maximum absolute atomic E-state index is 11.0. The third-order valence-electron chi connectivity index (χ3n) is 2.90.